The summed E-state index contributed by atoms with van der Waals surface area (Å²) in [5.41, 5.74) is 2.82. The highest BCUT2D eigenvalue weighted by Gasteiger charge is 2.48. The van der Waals surface area contributed by atoms with Gasteiger partial charge in [-0.2, -0.15) is 0 Å². The van der Waals surface area contributed by atoms with Crippen LogP contribution in [0, 0.1) is 17.3 Å². The minimum atomic E-state index is -0.248. The maximum absolute atomic E-state index is 10.1. The van der Waals surface area contributed by atoms with Gasteiger partial charge in [-0.05, 0) is 55.4 Å². The summed E-state index contributed by atoms with van der Waals surface area (Å²) < 4.78 is 0. The highest BCUT2D eigenvalue weighted by Crippen LogP contribution is 2.57. The summed E-state index contributed by atoms with van der Waals surface area (Å²) >= 11 is 0. The molecule has 1 N–H and O–H groups in total. The number of hydrogen-bond donors (Lipinski definition) is 1. The second-order valence-corrected chi connectivity index (χ2v) is 6.30. The first-order valence-corrected chi connectivity index (χ1v) is 6.44. The average molecular weight is 220 g/mol. The number of aliphatic hydroxyl groups excluding tert-OH is 1. The van der Waals surface area contributed by atoms with E-state index in [9.17, 15) is 5.11 Å². The van der Waals surface area contributed by atoms with E-state index in [0.717, 1.165) is 36.7 Å². The summed E-state index contributed by atoms with van der Waals surface area (Å²) in [4.78, 5) is 0. The first-order valence-electron chi connectivity index (χ1n) is 6.44. The lowest BCUT2D eigenvalue weighted by Crippen LogP contribution is -2.24. The van der Waals surface area contributed by atoms with Crippen LogP contribution in [0.15, 0.2) is 23.8 Å². The molecule has 1 saturated carbocycles. The Hall–Kier alpha value is -0.560. The van der Waals surface area contributed by atoms with E-state index >= 15 is 0 Å². The molecule has 0 aromatic carbocycles. The van der Waals surface area contributed by atoms with Gasteiger partial charge in [-0.25, -0.2) is 0 Å². The predicted octanol–water partition coefficient (Wildman–Crippen LogP) is 3.70. The van der Waals surface area contributed by atoms with Crippen LogP contribution >= 0.6 is 0 Å². The quantitative estimate of drug-likeness (QED) is 0.617. The van der Waals surface area contributed by atoms with E-state index in [1.165, 1.54) is 12.0 Å². The van der Waals surface area contributed by atoms with Gasteiger partial charge in [0.2, 0.25) is 0 Å². The fourth-order valence-electron chi connectivity index (χ4n) is 3.13. The zero-order chi connectivity index (χ0) is 11.9. The van der Waals surface area contributed by atoms with E-state index in [-0.39, 0.29) is 11.5 Å². The second-order valence-electron chi connectivity index (χ2n) is 6.30. The molecule has 0 radical (unpaired) electrons. The van der Waals surface area contributed by atoms with Crippen LogP contribution in [-0.4, -0.2) is 11.2 Å². The van der Waals surface area contributed by atoms with Crippen LogP contribution in [0.3, 0.4) is 0 Å². The summed E-state index contributed by atoms with van der Waals surface area (Å²) in [5, 5.41) is 10.1. The third kappa shape index (κ3) is 2.24. The van der Waals surface area contributed by atoms with E-state index in [0.29, 0.717) is 0 Å². The first-order chi connectivity index (χ1) is 7.42. The smallest absolute Gasteiger partial charge is 0.0752 e. The first kappa shape index (κ1) is 11.9. The Morgan fingerprint density at radius 2 is 2.12 bits per heavy atom. The number of hydrogen-bond acceptors (Lipinski definition) is 1. The molecule has 3 atom stereocenters. The van der Waals surface area contributed by atoms with Gasteiger partial charge in [0, 0.05) is 0 Å². The van der Waals surface area contributed by atoms with Gasteiger partial charge in [0.15, 0.2) is 0 Å². The summed E-state index contributed by atoms with van der Waals surface area (Å²) in [6.07, 6.45) is 6.27. The minimum Gasteiger partial charge on any atom is -0.389 e. The monoisotopic (exact) mass is 220 g/mol. The highest BCUT2D eigenvalue weighted by molar-refractivity contribution is 5.18. The number of aliphatic hydroxyl groups is 1. The van der Waals surface area contributed by atoms with Gasteiger partial charge in [0.25, 0.3) is 0 Å². The molecular weight excluding hydrogens is 196 g/mol. The van der Waals surface area contributed by atoms with Crippen LogP contribution in [0.5, 0.6) is 0 Å². The Labute approximate surface area is 99.3 Å². The molecule has 1 fully saturated rings. The van der Waals surface area contributed by atoms with Gasteiger partial charge in [-0.1, -0.05) is 32.1 Å². The average Bonchev–Trinajstić information content (AvgIpc) is 2.95. The second kappa shape index (κ2) is 4.03. The van der Waals surface area contributed by atoms with E-state index in [1.807, 2.05) is 0 Å². The van der Waals surface area contributed by atoms with Crippen LogP contribution in [0.1, 0.15) is 46.5 Å². The van der Waals surface area contributed by atoms with Crippen molar-refractivity contribution < 1.29 is 5.11 Å². The molecular formula is C15H24O. The molecule has 16 heavy (non-hydrogen) atoms. The summed E-state index contributed by atoms with van der Waals surface area (Å²) in [7, 11) is 0. The standard InChI is InChI=1S/C15H24O/c1-10-6-5-7-11(2)14(16)9-15(3,4)13-8-12(10)13/h7,12-14,16H,1,5-6,8-9H2,2-4H3/t12-,13+,14-/m1/s1. The highest BCUT2D eigenvalue weighted by atomic mass is 16.3. The molecule has 0 saturated heterocycles. The van der Waals surface area contributed by atoms with Gasteiger partial charge < -0.3 is 5.11 Å². The number of rotatable bonds is 0. The molecule has 2 aliphatic carbocycles. The lowest BCUT2D eigenvalue weighted by molar-refractivity contribution is 0.126. The van der Waals surface area contributed by atoms with Gasteiger partial charge in [-0.15, -0.1) is 0 Å². The Morgan fingerprint density at radius 3 is 2.81 bits per heavy atom. The van der Waals surface area contributed by atoms with Crippen LogP contribution in [0.25, 0.3) is 0 Å². The molecule has 0 aromatic rings. The van der Waals surface area contributed by atoms with Gasteiger partial charge in [0.05, 0.1) is 6.10 Å². The van der Waals surface area contributed by atoms with Crippen molar-refractivity contribution in [2.45, 2.75) is 52.6 Å². The van der Waals surface area contributed by atoms with Crippen LogP contribution in [0.2, 0.25) is 0 Å². The third-order valence-electron chi connectivity index (χ3n) is 4.50. The summed E-state index contributed by atoms with van der Waals surface area (Å²) in [6.45, 7) is 10.9. The van der Waals surface area contributed by atoms with Gasteiger partial charge in [0.1, 0.15) is 0 Å². The van der Waals surface area contributed by atoms with Crippen molar-refractivity contribution >= 4 is 0 Å². The molecule has 0 amide bonds. The lowest BCUT2D eigenvalue weighted by atomic mass is 9.78. The van der Waals surface area contributed by atoms with Crippen LogP contribution in [-0.2, 0) is 0 Å². The lowest BCUT2D eigenvalue weighted by Gasteiger charge is -2.29. The SMILES string of the molecule is C=C1CCC=C(C)[C@H](O)CC(C)(C)[C@H]2C[C@H]12. The molecule has 0 aliphatic heterocycles. The predicted molar refractivity (Wildman–Crippen MR) is 68.1 cm³/mol. The maximum atomic E-state index is 10.1. The van der Waals surface area contributed by atoms with Crippen molar-refractivity contribution in [3.63, 3.8) is 0 Å². The Morgan fingerprint density at radius 1 is 1.44 bits per heavy atom. The Kier molecular flexibility index (Phi) is 3.00. The van der Waals surface area contributed by atoms with Crippen molar-refractivity contribution in [2.24, 2.45) is 17.3 Å². The third-order valence-corrected chi connectivity index (χ3v) is 4.50. The summed E-state index contributed by atoms with van der Waals surface area (Å²) in [6, 6.07) is 0. The molecule has 0 spiro atoms. The maximum Gasteiger partial charge on any atom is 0.0752 e. The van der Waals surface area contributed by atoms with Crippen molar-refractivity contribution in [3.8, 4) is 0 Å². The van der Waals surface area contributed by atoms with Crippen molar-refractivity contribution in [3.05, 3.63) is 23.8 Å². The van der Waals surface area contributed by atoms with E-state index in [2.05, 4.69) is 33.4 Å². The van der Waals surface area contributed by atoms with Crippen molar-refractivity contribution in [1.82, 2.24) is 0 Å². The molecule has 2 rings (SSSR count). The molecule has 0 bridgehead atoms. The normalized spacial score (nSPS) is 38.6. The topological polar surface area (TPSA) is 20.2 Å². The molecule has 1 heteroatoms. The Balaban J connectivity index is 2.18. The minimum absolute atomic E-state index is 0.248. The molecule has 0 unspecified atom stereocenters. The number of fused-ring (bicyclic) bond motifs is 1. The molecule has 90 valence electrons. The molecule has 2 aliphatic rings. The van der Waals surface area contributed by atoms with E-state index in [4.69, 9.17) is 0 Å². The van der Waals surface area contributed by atoms with Crippen molar-refractivity contribution in [2.75, 3.05) is 0 Å². The fraction of sp³-hybridized carbons (Fsp3) is 0.733. The zero-order valence-electron chi connectivity index (χ0n) is 10.8. The van der Waals surface area contributed by atoms with E-state index < -0.39 is 0 Å². The fourth-order valence-corrected chi connectivity index (χ4v) is 3.13. The van der Waals surface area contributed by atoms with Crippen LogP contribution < -0.4 is 0 Å². The van der Waals surface area contributed by atoms with Crippen molar-refractivity contribution in [1.29, 1.82) is 0 Å². The van der Waals surface area contributed by atoms with Gasteiger partial charge >= 0.3 is 0 Å². The molecule has 1 nitrogen and oxygen atoms in total. The zero-order valence-corrected chi connectivity index (χ0v) is 10.8. The molecule has 0 aromatic heterocycles. The number of allylic oxidation sites excluding steroid dienone is 2. The molecule has 0 heterocycles. The largest absolute Gasteiger partial charge is 0.389 e. The van der Waals surface area contributed by atoms with Crippen LogP contribution in [0.4, 0.5) is 0 Å². The Bertz CT molecular complexity index is 324. The summed E-state index contributed by atoms with van der Waals surface area (Å²) in [5.74, 6) is 1.48. The van der Waals surface area contributed by atoms with E-state index in [1.54, 1.807) is 0 Å². The van der Waals surface area contributed by atoms with Gasteiger partial charge in [-0.3, -0.25) is 0 Å².